The predicted octanol–water partition coefficient (Wildman–Crippen LogP) is 6.51. The Labute approximate surface area is 268 Å². The van der Waals surface area contributed by atoms with Crippen LogP contribution in [-0.4, -0.2) is 51.6 Å². The molecule has 0 N–H and O–H groups in total. The summed E-state index contributed by atoms with van der Waals surface area (Å²) in [5.41, 5.74) is -1.08. The third-order valence-corrected chi connectivity index (χ3v) is 8.08. The molecule has 0 saturated heterocycles. The number of hydrogen-bond acceptors (Lipinski definition) is 14. The third-order valence-electron chi connectivity index (χ3n) is 6.74. The van der Waals surface area contributed by atoms with E-state index < -0.39 is 52.3 Å². The van der Waals surface area contributed by atoms with Gasteiger partial charge in [-0.2, -0.15) is 0 Å². The lowest BCUT2D eigenvalue weighted by molar-refractivity contribution is -0.385. The van der Waals surface area contributed by atoms with Gasteiger partial charge in [0.2, 0.25) is 0 Å². The molecule has 18 nitrogen and oxygen atoms in total. The van der Waals surface area contributed by atoms with Gasteiger partial charge in [-0.1, -0.05) is 0 Å². The summed E-state index contributed by atoms with van der Waals surface area (Å²) in [6.45, 7) is -1.91. The number of nitrogens with zero attached hydrogens (tertiary/aromatic N) is 4. The average molecular weight is 680 g/mol. The molecule has 0 atom stereocenters. The zero-order chi connectivity index (χ0) is 35.2. The molecule has 0 aromatic heterocycles. The van der Waals surface area contributed by atoms with Gasteiger partial charge in [0.05, 0.1) is 19.7 Å². The van der Waals surface area contributed by atoms with Crippen molar-refractivity contribution in [3.8, 4) is 22.3 Å². The number of carbonyl (C=O) groups excluding carboxylic acids is 2. The topological polar surface area (TPSA) is 251 Å². The lowest BCUT2D eigenvalue weighted by Gasteiger charge is -2.16. The molecule has 0 heterocycles. The Morgan fingerprint density at radius 3 is 1.17 bits per heavy atom. The Morgan fingerprint density at radius 1 is 0.562 bits per heavy atom. The van der Waals surface area contributed by atoms with Gasteiger partial charge in [0.25, 0.3) is 22.7 Å². The molecule has 4 aromatic carbocycles. The second-order valence-electron chi connectivity index (χ2n) is 9.60. The zero-order valence-electron chi connectivity index (χ0n) is 24.4. The highest BCUT2D eigenvalue weighted by atomic mass is 31.2. The summed E-state index contributed by atoms with van der Waals surface area (Å²) >= 11 is 0. The van der Waals surface area contributed by atoms with Crippen LogP contribution in [-0.2, 0) is 18.1 Å². The van der Waals surface area contributed by atoms with Crippen LogP contribution < -0.4 is 0 Å². The lowest BCUT2D eigenvalue weighted by atomic mass is 9.96. The fourth-order valence-electron chi connectivity index (χ4n) is 4.35. The summed E-state index contributed by atoms with van der Waals surface area (Å²) in [5, 5.41) is 44.8. The van der Waals surface area contributed by atoms with Gasteiger partial charge in [0.15, 0.2) is 11.6 Å². The summed E-state index contributed by atoms with van der Waals surface area (Å²) in [6, 6.07) is 16.2. The van der Waals surface area contributed by atoms with Gasteiger partial charge in [0.1, 0.15) is 13.2 Å². The van der Waals surface area contributed by atoms with Crippen molar-refractivity contribution in [2.24, 2.45) is 0 Å². The van der Waals surface area contributed by atoms with Crippen LogP contribution in [0.4, 0.5) is 22.7 Å². The monoisotopic (exact) mass is 680 g/mol. The maximum absolute atomic E-state index is 13.2. The molecule has 0 saturated carbocycles. The van der Waals surface area contributed by atoms with E-state index in [0.717, 1.165) is 67.8 Å². The Balaban J connectivity index is 1.54. The highest BCUT2D eigenvalue weighted by Crippen LogP contribution is 2.49. The number of carbonyl (C=O) groups is 2. The van der Waals surface area contributed by atoms with Crippen molar-refractivity contribution in [2.45, 2.75) is 0 Å². The molecular weight excluding hydrogens is 659 g/mol. The van der Waals surface area contributed by atoms with Crippen LogP contribution in [0.1, 0.15) is 20.7 Å². The van der Waals surface area contributed by atoms with E-state index in [0.29, 0.717) is 0 Å². The summed E-state index contributed by atoms with van der Waals surface area (Å²) in [4.78, 5) is 68.4. The van der Waals surface area contributed by atoms with Crippen LogP contribution in [0.2, 0.25) is 0 Å². The van der Waals surface area contributed by atoms with Gasteiger partial charge in [-0.15, -0.1) is 0 Å². The number of phosphoric ester groups is 1. The average Bonchev–Trinajstić information content (AvgIpc) is 3.09. The Hall–Kier alpha value is -6.07. The van der Waals surface area contributed by atoms with Gasteiger partial charge >= 0.3 is 7.82 Å². The minimum atomic E-state index is -4.62. The van der Waals surface area contributed by atoms with Crippen molar-refractivity contribution in [3.05, 3.63) is 137 Å². The van der Waals surface area contributed by atoms with E-state index >= 15 is 0 Å². The van der Waals surface area contributed by atoms with E-state index in [1.165, 1.54) is 24.3 Å². The number of nitro groups is 4. The summed E-state index contributed by atoms with van der Waals surface area (Å²) < 4.78 is 28.3. The molecule has 0 radical (unpaired) electrons. The number of non-ortho nitro benzene ring substituents is 4. The summed E-state index contributed by atoms with van der Waals surface area (Å²) in [7, 11) is -3.70. The Bertz CT molecular complexity index is 1860. The highest BCUT2D eigenvalue weighted by Gasteiger charge is 2.30. The van der Waals surface area contributed by atoms with Gasteiger partial charge in [0, 0.05) is 66.8 Å². The zero-order valence-corrected chi connectivity index (χ0v) is 25.3. The van der Waals surface area contributed by atoms with Gasteiger partial charge in [-0.05, 0) is 58.7 Å². The molecule has 4 aromatic rings. The molecule has 0 aliphatic rings. The second kappa shape index (κ2) is 14.6. The molecule has 246 valence electrons. The van der Waals surface area contributed by atoms with Gasteiger partial charge < -0.3 is 0 Å². The number of ketones is 2. The molecule has 0 aliphatic carbocycles. The van der Waals surface area contributed by atoms with E-state index in [4.69, 9.17) is 13.6 Å². The molecule has 0 aliphatic heterocycles. The van der Waals surface area contributed by atoms with Crippen molar-refractivity contribution in [3.63, 3.8) is 0 Å². The largest absolute Gasteiger partial charge is 0.475 e. The van der Waals surface area contributed by atoms with Crippen LogP contribution in [0.15, 0.2) is 84.9 Å². The van der Waals surface area contributed by atoms with Crippen LogP contribution in [0.3, 0.4) is 0 Å². The van der Waals surface area contributed by atoms with Crippen molar-refractivity contribution in [1.82, 2.24) is 0 Å². The molecule has 0 unspecified atom stereocenters. The first-order valence-corrected chi connectivity index (χ1v) is 14.8. The van der Waals surface area contributed by atoms with Gasteiger partial charge in [-0.3, -0.25) is 63.6 Å². The SMILES string of the molecule is COP(=O)(OCC(=O)c1ccc([N+](=O)[O-])cc1-c1ccc([N+](=O)[O-])cc1)OCC(=O)c1ccc([N+](=O)[O-])cc1-c1ccc([N+](=O)[O-])cc1. The molecule has 19 heteroatoms. The highest BCUT2D eigenvalue weighted by molar-refractivity contribution is 7.48. The fourth-order valence-corrected chi connectivity index (χ4v) is 5.19. The van der Waals surface area contributed by atoms with Crippen LogP contribution in [0, 0.1) is 40.5 Å². The van der Waals surface area contributed by atoms with E-state index in [1.54, 1.807) is 0 Å². The normalized spacial score (nSPS) is 11.1. The first kappa shape index (κ1) is 34.8. The maximum atomic E-state index is 13.2. The molecule has 0 bridgehead atoms. The first-order valence-electron chi connectivity index (χ1n) is 13.3. The fraction of sp³-hybridized carbons (Fsp3) is 0.103. The summed E-state index contributed by atoms with van der Waals surface area (Å²) in [5.74, 6) is -1.69. The molecule has 48 heavy (non-hydrogen) atoms. The standard InChI is InChI=1S/C29H21N4O14P/c1-45-48(44,46-16-28(34)24-12-10-22(32(40)41)14-26(24)18-2-6-20(7-3-18)30(36)37)47-17-29(35)25-13-11-23(33(42)43)15-27(25)19-4-8-21(9-5-19)31(38)39/h2-15H,16-17H2,1H3. The van der Waals surface area contributed by atoms with Gasteiger partial charge in [-0.25, -0.2) is 4.57 Å². The van der Waals surface area contributed by atoms with Crippen LogP contribution in [0.25, 0.3) is 22.3 Å². The number of benzene rings is 4. The second-order valence-corrected chi connectivity index (χ2v) is 11.4. The number of hydrogen-bond donors (Lipinski definition) is 0. The third kappa shape index (κ3) is 8.01. The minimum Gasteiger partial charge on any atom is -0.292 e. The van der Waals surface area contributed by atoms with Crippen molar-refractivity contribution in [1.29, 1.82) is 0 Å². The Morgan fingerprint density at radius 2 is 0.875 bits per heavy atom. The molecule has 0 amide bonds. The number of rotatable bonds is 15. The minimum absolute atomic E-state index is 0.0213. The smallest absolute Gasteiger partial charge is 0.292 e. The molecular formula is C29H21N4O14P. The van der Waals surface area contributed by atoms with E-state index in [1.807, 2.05) is 0 Å². The quantitative estimate of drug-likeness (QED) is 0.0562. The number of phosphoric acid groups is 1. The van der Waals surface area contributed by atoms with E-state index in [2.05, 4.69) is 0 Å². The number of Topliss-reactive ketones (excluding diaryl/α,β-unsaturated/α-hetero) is 2. The maximum Gasteiger partial charge on any atom is 0.475 e. The predicted molar refractivity (Wildman–Crippen MR) is 166 cm³/mol. The van der Waals surface area contributed by atoms with Crippen LogP contribution in [0.5, 0.6) is 0 Å². The van der Waals surface area contributed by atoms with E-state index in [9.17, 15) is 54.6 Å². The molecule has 4 rings (SSSR count). The van der Waals surface area contributed by atoms with Crippen molar-refractivity contribution in [2.75, 3.05) is 20.3 Å². The van der Waals surface area contributed by atoms with Crippen molar-refractivity contribution < 1.29 is 47.4 Å². The van der Waals surface area contributed by atoms with E-state index in [-0.39, 0.29) is 56.1 Å². The Kier molecular flexibility index (Phi) is 10.6. The number of nitro benzene ring substituents is 4. The van der Waals surface area contributed by atoms with Crippen molar-refractivity contribution >= 4 is 42.1 Å². The molecule has 0 spiro atoms. The van der Waals surface area contributed by atoms with Crippen LogP contribution >= 0.6 is 7.82 Å². The molecule has 0 fully saturated rings. The summed E-state index contributed by atoms with van der Waals surface area (Å²) in [6.07, 6.45) is 0. The first-order chi connectivity index (χ1) is 22.7. The lowest BCUT2D eigenvalue weighted by Crippen LogP contribution is -2.14.